The van der Waals surface area contributed by atoms with E-state index < -0.39 is 0 Å². The zero-order chi connectivity index (χ0) is 15.7. The van der Waals surface area contributed by atoms with Crippen molar-refractivity contribution in [3.8, 4) is 11.3 Å². The second-order valence-corrected chi connectivity index (χ2v) is 6.42. The SMILES string of the molecule is Nc1nc(-c2cccc(Cl)c2)c(C(=O)c2ccccc2Cl)s1. The first-order chi connectivity index (χ1) is 10.6. The molecular weight excluding hydrogens is 339 g/mol. The fraction of sp³-hybridized carbons (Fsp3) is 0. The van der Waals surface area contributed by atoms with Gasteiger partial charge in [0.05, 0.1) is 10.7 Å². The minimum atomic E-state index is -0.199. The fourth-order valence-corrected chi connectivity index (χ4v) is 3.31. The van der Waals surface area contributed by atoms with Crippen LogP contribution in [0.25, 0.3) is 11.3 Å². The maximum atomic E-state index is 12.8. The minimum absolute atomic E-state index is 0.199. The molecule has 2 aromatic carbocycles. The minimum Gasteiger partial charge on any atom is -0.375 e. The van der Waals surface area contributed by atoms with Gasteiger partial charge in [-0.05, 0) is 24.3 Å². The van der Waals surface area contributed by atoms with Gasteiger partial charge < -0.3 is 5.73 Å². The van der Waals surface area contributed by atoms with Crippen LogP contribution < -0.4 is 5.73 Å². The number of nitrogens with zero attached hydrogens (tertiary/aromatic N) is 1. The van der Waals surface area contributed by atoms with Gasteiger partial charge in [-0.1, -0.05) is 58.8 Å². The molecular formula is C16H10Cl2N2OS. The van der Waals surface area contributed by atoms with Gasteiger partial charge in [0.2, 0.25) is 5.78 Å². The molecule has 0 atom stereocenters. The normalized spacial score (nSPS) is 10.6. The number of hydrogen-bond acceptors (Lipinski definition) is 4. The first kappa shape index (κ1) is 15.0. The van der Waals surface area contributed by atoms with E-state index in [1.807, 2.05) is 6.07 Å². The van der Waals surface area contributed by atoms with Crippen molar-refractivity contribution in [1.29, 1.82) is 0 Å². The van der Waals surface area contributed by atoms with Gasteiger partial charge in [-0.2, -0.15) is 0 Å². The largest absolute Gasteiger partial charge is 0.375 e. The van der Waals surface area contributed by atoms with Crippen LogP contribution >= 0.6 is 34.5 Å². The fourth-order valence-electron chi connectivity index (χ4n) is 2.09. The quantitative estimate of drug-likeness (QED) is 0.682. The highest BCUT2D eigenvalue weighted by atomic mass is 35.5. The summed E-state index contributed by atoms with van der Waals surface area (Å²) in [7, 11) is 0. The van der Waals surface area contributed by atoms with Gasteiger partial charge >= 0.3 is 0 Å². The summed E-state index contributed by atoms with van der Waals surface area (Å²) in [5.41, 5.74) is 7.49. The van der Waals surface area contributed by atoms with Crippen molar-refractivity contribution in [2.24, 2.45) is 0 Å². The maximum absolute atomic E-state index is 12.8. The van der Waals surface area contributed by atoms with Crippen LogP contribution in [0.3, 0.4) is 0 Å². The Morgan fingerprint density at radius 3 is 2.59 bits per heavy atom. The summed E-state index contributed by atoms with van der Waals surface area (Å²) < 4.78 is 0. The maximum Gasteiger partial charge on any atom is 0.206 e. The van der Waals surface area contributed by atoms with Crippen LogP contribution in [0.4, 0.5) is 5.13 Å². The van der Waals surface area contributed by atoms with E-state index in [0.717, 1.165) is 16.9 Å². The molecule has 0 fully saturated rings. The van der Waals surface area contributed by atoms with E-state index >= 15 is 0 Å². The highest BCUT2D eigenvalue weighted by Crippen LogP contribution is 2.33. The van der Waals surface area contributed by atoms with Crippen LogP contribution in [0.2, 0.25) is 10.0 Å². The predicted molar refractivity (Wildman–Crippen MR) is 91.9 cm³/mol. The number of carbonyl (C=O) groups excluding carboxylic acids is 1. The van der Waals surface area contributed by atoms with Gasteiger partial charge in [0, 0.05) is 16.1 Å². The summed E-state index contributed by atoms with van der Waals surface area (Å²) in [5, 5.41) is 1.29. The van der Waals surface area contributed by atoms with E-state index in [0.29, 0.717) is 31.3 Å². The van der Waals surface area contributed by atoms with Crippen LogP contribution in [0.1, 0.15) is 15.2 Å². The third-order valence-corrected chi connectivity index (χ3v) is 4.51. The molecule has 0 saturated heterocycles. The van der Waals surface area contributed by atoms with Gasteiger partial charge in [-0.25, -0.2) is 4.98 Å². The smallest absolute Gasteiger partial charge is 0.206 e. The number of halogens is 2. The van der Waals surface area contributed by atoms with Gasteiger partial charge in [0.1, 0.15) is 4.88 Å². The first-order valence-electron chi connectivity index (χ1n) is 6.37. The first-order valence-corrected chi connectivity index (χ1v) is 7.95. The summed E-state index contributed by atoms with van der Waals surface area (Å²) in [6.07, 6.45) is 0. The Morgan fingerprint density at radius 2 is 1.86 bits per heavy atom. The van der Waals surface area contributed by atoms with Gasteiger partial charge in [0.25, 0.3) is 0 Å². The number of ketones is 1. The molecule has 3 aromatic rings. The second-order valence-electron chi connectivity index (χ2n) is 4.55. The molecule has 22 heavy (non-hydrogen) atoms. The van der Waals surface area contributed by atoms with Crippen molar-refractivity contribution in [3.05, 3.63) is 69.0 Å². The number of anilines is 1. The summed E-state index contributed by atoms with van der Waals surface area (Å²) in [5.74, 6) is -0.199. The number of nitrogens with two attached hydrogens (primary N) is 1. The topological polar surface area (TPSA) is 56.0 Å². The molecule has 0 bridgehead atoms. The Labute approximate surface area is 141 Å². The van der Waals surface area contributed by atoms with Crippen LogP contribution in [0.5, 0.6) is 0 Å². The third kappa shape index (κ3) is 2.86. The Morgan fingerprint density at radius 1 is 1.09 bits per heavy atom. The monoisotopic (exact) mass is 348 g/mol. The number of benzene rings is 2. The van der Waals surface area contributed by atoms with E-state index in [1.165, 1.54) is 0 Å². The van der Waals surface area contributed by atoms with Gasteiger partial charge in [0.15, 0.2) is 5.13 Å². The molecule has 3 rings (SSSR count). The molecule has 1 aromatic heterocycles. The number of rotatable bonds is 3. The van der Waals surface area contributed by atoms with Crippen LogP contribution in [0, 0.1) is 0 Å². The number of nitrogen functional groups attached to an aromatic ring is 1. The van der Waals surface area contributed by atoms with Crippen molar-refractivity contribution in [1.82, 2.24) is 4.98 Å². The molecule has 0 aliphatic rings. The van der Waals surface area contributed by atoms with Crippen molar-refractivity contribution in [2.45, 2.75) is 0 Å². The van der Waals surface area contributed by atoms with E-state index in [1.54, 1.807) is 42.5 Å². The zero-order valence-corrected chi connectivity index (χ0v) is 13.5. The Balaban J connectivity index is 2.13. The molecule has 3 nitrogen and oxygen atoms in total. The van der Waals surface area contributed by atoms with Crippen molar-refractivity contribution < 1.29 is 4.79 Å². The average molecular weight is 349 g/mol. The van der Waals surface area contributed by atoms with Crippen LogP contribution in [-0.2, 0) is 0 Å². The molecule has 0 radical (unpaired) electrons. The summed E-state index contributed by atoms with van der Waals surface area (Å²) in [4.78, 5) is 17.5. The molecule has 1 heterocycles. The van der Waals surface area contributed by atoms with E-state index in [4.69, 9.17) is 28.9 Å². The number of aromatic nitrogens is 1. The lowest BCUT2D eigenvalue weighted by atomic mass is 10.1. The molecule has 0 unspecified atom stereocenters. The van der Waals surface area contributed by atoms with E-state index in [2.05, 4.69) is 4.98 Å². The molecule has 0 amide bonds. The molecule has 2 N–H and O–H groups in total. The van der Waals surface area contributed by atoms with Crippen molar-refractivity contribution in [3.63, 3.8) is 0 Å². The number of hydrogen-bond donors (Lipinski definition) is 1. The summed E-state index contributed by atoms with van der Waals surface area (Å²) in [6, 6.07) is 14.1. The molecule has 6 heteroatoms. The summed E-state index contributed by atoms with van der Waals surface area (Å²) in [6.45, 7) is 0. The summed E-state index contributed by atoms with van der Waals surface area (Å²) >= 11 is 13.3. The third-order valence-electron chi connectivity index (χ3n) is 3.07. The van der Waals surface area contributed by atoms with Gasteiger partial charge in [-0.3, -0.25) is 4.79 Å². The number of thiazole rings is 1. The van der Waals surface area contributed by atoms with Crippen molar-refractivity contribution >= 4 is 45.5 Å². The highest BCUT2D eigenvalue weighted by molar-refractivity contribution is 7.18. The van der Waals surface area contributed by atoms with Crippen LogP contribution in [0.15, 0.2) is 48.5 Å². The van der Waals surface area contributed by atoms with Crippen LogP contribution in [-0.4, -0.2) is 10.8 Å². The zero-order valence-electron chi connectivity index (χ0n) is 11.2. The molecule has 0 spiro atoms. The highest BCUT2D eigenvalue weighted by Gasteiger charge is 2.21. The van der Waals surface area contributed by atoms with Crippen molar-refractivity contribution in [2.75, 3.05) is 5.73 Å². The lowest BCUT2D eigenvalue weighted by Crippen LogP contribution is -2.01. The molecule has 0 aliphatic heterocycles. The second kappa shape index (κ2) is 6.08. The number of carbonyl (C=O) groups is 1. The Kier molecular flexibility index (Phi) is 4.16. The molecule has 110 valence electrons. The van der Waals surface area contributed by atoms with E-state index in [9.17, 15) is 4.79 Å². The Hall–Kier alpha value is -1.88. The lowest BCUT2D eigenvalue weighted by Gasteiger charge is -2.04. The predicted octanol–water partition coefficient (Wildman–Crippen LogP) is 4.93. The molecule has 0 aliphatic carbocycles. The molecule has 0 saturated carbocycles. The standard InChI is InChI=1S/C16H10Cl2N2OS/c17-10-5-3-4-9(8-10)13-15(22-16(19)20-13)14(21)11-6-1-2-7-12(11)18/h1-8H,(H2,19,20). The lowest BCUT2D eigenvalue weighted by molar-refractivity contribution is 0.104. The Bertz CT molecular complexity index is 861. The average Bonchev–Trinajstić information content (AvgIpc) is 2.89. The van der Waals surface area contributed by atoms with E-state index in [-0.39, 0.29) is 5.78 Å². The van der Waals surface area contributed by atoms with Gasteiger partial charge in [-0.15, -0.1) is 0 Å².